The van der Waals surface area contributed by atoms with Crippen LogP contribution in [-0.2, 0) is 23.4 Å². The molecule has 3 rings (SSSR count). The van der Waals surface area contributed by atoms with Crippen molar-refractivity contribution in [3.63, 3.8) is 0 Å². The summed E-state index contributed by atoms with van der Waals surface area (Å²) >= 11 is 0. The van der Waals surface area contributed by atoms with E-state index in [2.05, 4.69) is 107 Å². The minimum absolute atomic E-state index is 0.0319. The molecule has 0 amide bonds. The maximum absolute atomic E-state index is 11.9. The molecule has 1 saturated heterocycles. The van der Waals surface area contributed by atoms with Crippen LogP contribution >= 0.6 is 0 Å². The van der Waals surface area contributed by atoms with Gasteiger partial charge in [0.1, 0.15) is 5.60 Å². The van der Waals surface area contributed by atoms with Crippen molar-refractivity contribution in [2.75, 3.05) is 6.61 Å². The zero-order valence-electron chi connectivity index (χ0n) is 30.7. The highest BCUT2D eigenvalue weighted by molar-refractivity contribution is 6.99. The first-order chi connectivity index (χ1) is 22.4. The number of aliphatic hydroxyl groups excluding tert-OH is 1. The summed E-state index contributed by atoms with van der Waals surface area (Å²) in [5, 5.41) is 12.5. The standard InChI is InChI=1S/C41H58O6Si/c1-31(28-29-44-48(40(6,7)8,34-23-17-14-18-24-34)35-25-19-15-20-26-35)38-32(2)36(45-41(9,10)47-38)27-21-13-11-12-16-22-33(42)30-37(43)46-39(3,4)5/h11-26,28,32-33,36,38,42H,27,29-30H2,1-10H3/b12-11+,21-13+,22-16+,31-28-/t32-,33-,36-,38-/m0/s1. The molecule has 2 aromatic carbocycles. The third kappa shape index (κ3) is 11.2. The summed E-state index contributed by atoms with van der Waals surface area (Å²) in [5.74, 6) is -1.03. The van der Waals surface area contributed by atoms with Gasteiger partial charge >= 0.3 is 5.97 Å². The van der Waals surface area contributed by atoms with E-state index in [9.17, 15) is 9.90 Å². The first-order valence-electron chi connectivity index (χ1n) is 17.1. The quantitative estimate of drug-likeness (QED) is 0.101. The lowest BCUT2D eigenvalue weighted by Gasteiger charge is -2.45. The lowest BCUT2D eigenvalue weighted by molar-refractivity contribution is -0.310. The molecule has 0 radical (unpaired) electrons. The van der Waals surface area contributed by atoms with Crippen LogP contribution in [0.5, 0.6) is 0 Å². The van der Waals surface area contributed by atoms with E-state index in [1.54, 1.807) is 32.9 Å². The van der Waals surface area contributed by atoms with Gasteiger partial charge in [-0.1, -0.05) is 131 Å². The smallest absolute Gasteiger partial charge is 0.309 e. The number of benzene rings is 2. The van der Waals surface area contributed by atoms with E-state index in [1.807, 2.05) is 32.1 Å². The van der Waals surface area contributed by atoms with E-state index in [1.165, 1.54) is 10.4 Å². The average Bonchev–Trinajstić information content (AvgIpc) is 2.99. The molecule has 4 atom stereocenters. The number of hydrogen-bond acceptors (Lipinski definition) is 6. The molecule has 262 valence electrons. The fraction of sp³-hybridized carbons (Fsp3) is 0.488. The van der Waals surface area contributed by atoms with E-state index in [-0.39, 0.29) is 29.6 Å². The molecule has 1 aliphatic rings. The van der Waals surface area contributed by atoms with Crippen molar-refractivity contribution in [2.24, 2.45) is 5.92 Å². The Hall–Kier alpha value is -3.07. The summed E-state index contributed by atoms with van der Waals surface area (Å²) < 4.78 is 25.2. The van der Waals surface area contributed by atoms with Crippen LogP contribution in [-0.4, -0.2) is 55.7 Å². The molecule has 2 aromatic rings. The number of hydrogen-bond donors (Lipinski definition) is 1. The SMILES string of the molecule is C/C(=C/CO[Si](c1ccccc1)(c1ccccc1)C(C)(C)C)[C@@H]1OC(C)(C)O[C@@H](C/C=C/C=C/C=C/[C@H](O)CC(=O)OC(C)(C)C)[C@@H]1C. The molecule has 1 aliphatic heterocycles. The monoisotopic (exact) mass is 674 g/mol. The van der Waals surface area contributed by atoms with Gasteiger partial charge in [0.25, 0.3) is 8.32 Å². The number of rotatable bonds is 13. The highest BCUT2D eigenvalue weighted by Crippen LogP contribution is 2.38. The first kappa shape index (κ1) is 39.4. The molecule has 1 fully saturated rings. The molecular formula is C41H58O6Si. The second kappa shape index (κ2) is 17.0. The molecular weight excluding hydrogens is 617 g/mol. The predicted octanol–water partition coefficient (Wildman–Crippen LogP) is 7.82. The van der Waals surface area contributed by atoms with Gasteiger partial charge in [-0.3, -0.25) is 4.79 Å². The number of carbonyl (C=O) groups is 1. The summed E-state index contributed by atoms with van der Waals surface area (Å²) in [6.07, 6.45) is 12.9. The highest BCUT2D eigenvalue weighted by Gasteiger charge is 2.50. The van der Waals surface area contributed by atoms with E-state index < -0.39 is 31.8 Å². The summed E-state index contributed by atoms with van der Waals surface area (Å²) in [6, 6.07) is 21.4. The molecule has 0 aromatic heterocycles. The molecule has 0 saturated carbocycles. The highest BCUT2D eigenvalue weighted by atomic mass is 28.4. The van der Waals surface area contributed by atoms with Crippen molar-refractivity contribution in [1.82, 2.24) is 0 Å². The van der Waals surface area contributed by atoms with Crippen molar-refractivity contribution in [1.29, 1.82) is 0 Å². The normalized spacial score (nSPS) is 21.6. The van der Waals surface area contributed by atoms with E-state index in [4.69, 9.17) is 18.6 Å². The van der Waals surface area contributed by atoms with E-state index in [0.29, 0.717) is 6.61 Å². The van der Waals surface area contributed by atoms with Crippen LogP contribution in [0.15, 0.2) is 109 Å². The minimum Gasteiger partial charge on any atom is -0.460 e. The summed E-state index contributed by atoms with van der Waals surface area (Å²) in [5.41, 5.74) is 0.571. The first-order valence-corrected chi connectivity index (χ1v) is 19.0. The maximum atomic E-state index is 11.9. The second-order valence-electron chi connectivity index (χ2n) is 15.2. The van der Waals surface area contributed by atoms with Crippen LogP contribution in [0.25, 0.3) is 0 Å². The van der Waals surface area contributed by atoms with Gasteiger partial charge in [-0.25, -0.2) is 0 Å². The van der Waals surface area contributed by atoms with Crippen LogP contribution in [0.1, 0.15) is 82.1 Å². The van der Waals surface area contributed by atoms with Gasteiger partial charge in [0.05, 0.1) is 31.3 Å². The predicted molar refractivity (Wildman–Crippen MR) is 199 cm³/mol. The Morgan fingerprint density at radius 3 is 2.02 bits per heavy atom. The van der Waals surface area contributed by atoms with Crippen molar-refractivity contribution in [3.8, 4) is 0 Å². The topological polar surface area (TPSA) is 74.2 Å². The second-order valence-corrected chi connectivity index (χ2v) is 19.5. The Morgan fingerprint density at radius 2 is 1.48 bits per heavy atom. The molecule has 0 spiro atoms. The van der Waals surface area contributed by atoms with Gasteiger partial charge in [-0.2, -0.15) is 0 Å². The summed E-state index contributed by atoms with van der Waals surface area (Å²) in [4.78, 5) is 11.9. The van der Waals surface area contributed by atoms with E-state index >= 15 is 0 Å². The largest absolute Gasteiger partial charge is 0.460 e. The molecule has 48 heavy (non-hydrogen) atoms. The lowest BCUT2D eigenvalue weighted by atomic mass is 9.89. The fourth-order valence-electron chi connectivity index (χ4n) is 6.29. The number of esters is 1. The Bertz CT molecular complexity index is 1370. The van der Waals surface area contributed by atoms with E-state index in [0.717, 1.165) is 12.0 Å². The van der Waals surface area contributed by atoms with Crippen molar-refractivity contribution < 1.29 is 28.5 Å². The molecule has 1 heterocycles. The van der Waals surface area contributed by atoms with Gasteiger partial charge in [0, 0.05) is 5.92 Å². The van der Waals surface area contributed by atoms with Gasteiger partial charge < -0.3 is 23.7 Å². The Morgan fingerprint density at radius 1 is 0.917 bits per heavy atom. The Labute approximate surface area is 290 Å². The average molecular weight is 675 g/mol. The third-order valence-corrected chi connectivity index (χ3v) is 13.5. The molecule has 0 unspecified atom stereocenters. The van der Waals surface area contributed by atoms with Crippen molar-refractivity contribution in [2.45, 2.75) is 117 Å². The number of ether oxygens (including phenoxy) is 3. The zero-order chi connectivity index (χ0) is 35.6. The van der Waals surface area contributed by atoms with Gasteiger partial charge in [-0.05, 0) is 68.9 Å². The van der Waals surface area contributed by atoms with Crippen LogP contribution < -0.4 is 10.4 Å². The maximum Gasteiger partial charge on any atom is 0.309 e. The molecule has 0 aliphatic carbocycles. The van der Waals surface area contributed by atoms with Gasteiger partial charge in [0.2, 0.25) is 0 Å². The molecule has 7 heteroatoms. The Kier molecular flexibility index (Phi) is 14.0. The van der Waals surface area contributed by atoms with Gasteiger partial charge in [0.15, 0.2) is 5.79 Å². The fourth-order valence-corrected chi connectivity index (χ4v) is 10.8. The molecule has 6 nitrogen and oxygen atoms in total. The molecule has 1 N–H and O–H groups in total. The van der Waals surface area contributed by atoms with Gasteiger partial charge in [-0.15, -0.1) is 0 Å². The molecule has 0 bridgehead atoms. The van der Waals surface area contributed by atoms with Crippen molar-refractivity contribution >= 4 is 24.7 Å². The van der Waals surface area contributed by atoms with Crippen LogP contribution in [0.3, 0.4) is 0 Å². The van der Waals surface area contributed by atoms with Crippen LogP contribution in [0, 0.1) is 5.92 Å². The zero-order valence-corrected chi connectivity index (χ0v) is 31.7. The lowest BCUT2D eigenvalue weighted by Crippen LogP contribution is -2.66. The minimum atomic E-state index is -2.64. The number of allylic oxidation sites excluding steroid dienone is 4. The summed E-state index contributed by atoms with van der Waals surface area (Å²) in [7, 11) is -2.64. The van der Waals surface area contributed by atoms with Crippen LogP contribution in [0.4, 0.5) is 0 Å². The number of aliphatic hydroxyl groups is 1. The van der Waals surface area contributed by atoms with Crippen LogP contribution in [0.2, 0.25) is 5.04 Å². The number of carbonyl (C=O) groups excluding carboxylic acids is 1. The summed E-state index contributed by atoms with van der Waals surface area (Å²) in [6.45, 7) is 21.1. The third-order valence-electron chi connectivity index (χ3n) is 8.45. The van der Waals surface area contributed by atoms with Crippen molar-refractivity contribution in [3.05, 3.63) is 109 Å². The Balaban J connectivity index is 1.67.